The first-order chi connectivity index (χ1) is 8.72. The van der Waals surface area contributed by atoms with Crippen LogP contribution in [0.4, 0.5) is 0 Å². The first-order valence-corrected chi connectivity index (χ1v) is 6.15. The summed E-state index contributed by atoms with van der Waals surface area (Å²) >= 11 is 0. The highest BCUT2D eigenvalue weighted by Crippen LogP contribution is 2.15. The molecule has 2 N–H and O–H groups in total. The first-order valence-electron chi connectivity index (χ1n) is 6.15. The summed E-state index contributed by atoms with van der Waals surface area (Å²) in [6, 6.07) is 4.08. The van der Waals surface area contributed by atoms with Crippen molar-refractivity contribution in [3.05, 3.63) is 51.5 Å². The van der Waals surface area contributed by atoms with Gasteiger partial charge in [-0.05, 0) is 25.5 Å². The quantitative estimate of drug-likeness (QED) is 0.827. The summed E-state index contributed by atoms with van der Waals surface area (Å²) in [6.07, 6.45) is 2.71. The maximum atomic E-state index is 11.8. The van der Waals surface area contributed by atoms with E-state index in [0.717, 1.165) is 37.3 Å². The van der Waals surface area contributed by atoms with Gasteiger partial charge in [0.15, 0.2) is 0 Å². The molecule has 0 aliphatic carbocycles. The Kier molecular flexibility index (Phi) is 2.76. The van der Waals surface area contributed by atoms with Gasteiger partial charge in [-0.2, -0.15) is 0 Å². The van der Waals surface area contributed by atoms with Crippen LogP contribution in [0.2, 0.25) is 0 Å². The van der Waals surface area contributed by atoms with Crippen molar-refractivity contribution in [2.45, 2.75) is 26.4 Å². The molecule has 0 radical (unpaired) electrons. The van der Waals surface area contributed by atoms with Crippen LogP contribution >= 0.6 is 0 Å². The van der Waals surface area contributed by atoms with Gasteiger partial charge in [0.25, 0.3) is 5.56 Å². The lowest BCUT2D eigenvalue weighted by Crippen LogP contribution is -2.35. The molecule has 2 aromatic rings. The molecule has 3 heterocycles. The lowest BCUT2D eigenvalue weighted by atomic mass is 10.1. The number of rotatable bonds is 2. The van der Waals surface area contributed by atoms with Crippen LogP contribution in [0, 0.1) is 6.92 Å². The van der Waals surface area contributed by atoms with Crippen LogP contribution < -0.4 is 5.56 Å². The number of aromatic amines is 2. The van der Waals surface area contributed by atoms with Crippen molar-refractivity contribution in [2.75, 3.05) is 6.54 Å². The van der Waals surface area contributed by atoms with Gasteiger partial charge in [-0.3, -0.25) is 9.69 Å². The summed E-state index contributed by atoms with van der Waals surface area (Å²) in [5, 5.41) is 0. The number of H-pyrrole nitrogens is 2. The second-order valence-electron chi connectivity index (χ2n) is 4.73. The highest BCUT2D eigenvalue weighted by Gasteiger charge is 2.20. The Bertz CT molecular complexity index is 600. The van der Waals surface area contributed by atoms with E-state index in [1.54, 1.807) is 0 Å². The molecule has 0 saturated heterocycles. The van der Waals surface area contributed by atoms with E-state index in [0.29, 0.717) is 5.82 Å². The zero-order chi connectivity index (χ0) is 12.5. The third-order valence-electron chi connectivity index (χ3n) is 3.33. The molecule has 18 heavy (non-hydrogen) atoms. The number of hydrogen-bond donors (Lipinski definition) is 2. The topological polar surface area (TPSA) is 64.8 Å². The zero-order valence-corrected chi connectivity index (χ0v) is 10.4. The van der Waals surface area contributed by atoms with Crippen molar-refractivity contribution >= 4 is 0 Å². The van der Waals surface area contributed by atoms with E-state index in [1.165, 1.54) is 5.69 Å². The number of nitrogens with zero attached hydrogens (tertiary/aromatic N) is 2. The molecule has 1 aliphatic rings. The molecule has 5 heteroatoms. The van der Waals surface area contributed by atoms with Crippen LogP contribution in [-0.2, 0) is 19.5 Å². The molecular formula is C13H16N4O. The molecule has 0 saturated carbocycles. The molecule has 0 spiro atoms. The maximum absolute atomic E-state index is 11.8. The second-order valence-corrected chi connectivity index (χ2v) is 4.73. The van der Waals surface area contributed by atoms with Crippen molar-refractivity contribution in [1.82, 2.24) is 19.9 Å². The minimum Gasteiger partial charge on any atom is -0.364 e. The molecule has 0 aromatic carbocycles. The Morgan fingerprint density at radius 1 is 1.50 bits per heavy atom. The number of fused-ring (bicyclic) bond motifs is 1. The number of nitrogens with one attached hydrogen (secondary N) is 2. The maximum Gasteiger partial charge on any atom is 0.254 e. The number of aryl methyl sites for hydroxylation is 1. The largest absolute Gasteiger partial charge is 0.364 e. The Morgan fingerprint density at radius 2 is 2.39 bits per heavy atom. The Hall–Kier alpha value is -1.88. The van der Waals surface area contributed by atoms with E-state index >= 15 is 0 Å². The van der Waals surface area contributed by atoms with Gasteiger partial charge in [-0.15, -0.1) is 0 Å². The van der Waals surface area contributed by atoms with Gasteiger partial charge in [0.05, 0.1) is 5.69 Å². The molecule has 0 unspecified atom stereocenters. The Labute approximate surface area is 105 Å². The van der Waals surface area contributed by atoms with Crippen LogP contribution in [-0.4, -0.2) is 26.4 Å². The lowest BCUT2D eigenvalue weighted by Gasteiger charge is -2.27. The summed E-state index contributed by atoms with van der Waals surface area (Å²) in [5.74, 6) is 0.695. The van der Waals surface area contributed by atoms with Gasteiger partial charge in [0.2, 0.25) is 0 Å². The van der Waals surface area contributed by atoms with Crippen molar-refractivity contribution in [2.24, 2.45) is 0 Å². The number of hydrogen-bond acceptors (Lipinski definition) is 3. The van der Waals surface area contributed by atoms with Gasteiger partial charge in [0.1, 0.15) is 5.82 Å². The molecular weight excluding hydrogens is 228 g/mol. The van der Waals surface area contributed by atoms with Gasteiger partial charge in [0, 0.05) is 37.1 Å². The zero-order valence-electron chi connectivity index (χ0n) is 10.4. The van der Waals surface area contributed by atoms with Crippen molar-refractivity contribution < 1.29 is 0 Å². The fraction of sp³-hybridized carbons (Fsp3) is 0.385. The van der Waals surface area contributed by atoms with Crippen LogP contribution in [0.15, 0.2) is 23.1 Å². The summed E-state index contributed by atoms with van der Waals surface area (Å²) in [7, 11) is 0. The molecule has 94 valence electrons. The van der Waals surface area contributed by atoms with Crippen molar-refractivity contribution in [3.8, 4) is 0 Å². The van der Waals surface area contributed by atoms with E-state index in [4.69, 9.17) is 0 Å². The predicted molar refractivity (Wildman–Crippen MR) is 68.2 cm³/mol. The van der Waals surface area contributed by atoms with Gasteiger partial charge >= 0.3 is 0 Å². The van der Waals surface area contributed by atoms with E-state index in [-0.39, 0.29) is 5.56 Å². The number of aromatic nitrogens is 3. The average molecular weight is 244 g/mol. The van der Waals surface area contributed by atoms with Crippen LogP contribution in [0.25, 0.3) is 0 Å². The SMILES string of the molecule is Cc1nc2c(c(=O)[nH]1)CCN(Cc1ccc[nH]1)C2. The second kappa shape index (κ2) is 4.42. The molecule has 0 fully saturated rings. The third-order valence-corrected chi connectivity index (χ3v) is 3.33. The average Bonchev–Trinajstić information content (AvgIpc) is 2.81. The van der Waals surface area contributed by atoms with Crippen LogP contribution in [0.3, 0.4) is 0 Å². The summed E-state index contributed by atoms with van der Waals surface area (Å²) < 4.78 is 0. The highest BCUT2D eigenvalue weighted by molar-refractivity contribution is 5.21. The molecule has 3 rings (SSSR count). The molecule has 2 aromatic heterocycles. The van der Waals surface area contributed by atoms with Gasteiger partial charge < -0.3 is 9.97 Å². The molecule has 0 atom stereocenters. The van der Waals surface area contributed by atoms with E-state index in [9.17, 15) is 4.79 Å². The molecule has 5 nitrogen and oxygen atoms in total. The Morgan fingerprint density at radius 3 is 3.17 bits per heavy atom. The lowest BCUT2D eigenvalue weighted by molar-refractivity contribution is 0.238. The third kappa shape index (κ3) is 2.09. The van der Waals surface area contributed by atoms with E-state index in [1.807, 2.05) is 19.2 Å². The van der Waals surface area contributed by atoms with Gasteiger partial charge in [-0.1, -0.05) is 0 Å². The first kappa shape index (κ1) is 11.2. The summed E-state index contributed by atoms with van der Waals surface area (Å²) in [4.78, 5) is 24.5. The molecule has 1 aliphatic heterocycles. The minimum atomic E-state index is 0.0250. The highest BCUT2D eigenvalue weighted by atomic mass is 16.1. The van der Waals surface area contributed by atoms with Crippen LogP contribution in [0.5, 0.6) is 0 Å². The fourth-order valence-corrected chi connectivity index (χ4v) is 2.46. The van der Waals surface area contributed by atoms with E-state index in [2.05, 4.69) is 25.9 Å². The normalized spacial score (nSPS) is 15.6. The van der Waals surface area contributed by atoms with Crippen molar-refractivity contribution in [3.63, 3.8) is 0 Å². The standard InChI is InChI=1S/C13H16N4O/c1-9-15-12-8-17(7-10-3-2-5-14-10)6-4-11(12)13(18)16-9/h2-3,5,14H,4,6-8H2,1H3,(H,15,16,18). The van der Waals surface area contributed by atoms with Crippen molar-refractivity contribution in [1.29, 1.82) is 0 Å². The minimum absolute atomic E-state index is 0.0250. The van der Waals surface area contributed by atoms with E-state index < -0.39 is 0 Å². The monoisotopic (exact) mass is 244 g/mol. The molecule has 0 bridgehead atoms. The fourth-order valence-electron chi connectivity index (χ4n) is 2.46. The Balaban J connectivity index is 1.82. The van der Waals surface area contributed by atoms with Crippen LogP contribution in [0.1, 0.15) is 22.8 Å². The summed E-state index contributed by atoms with van der Waals surface area (Å²) in [6.45, 7) is 4.35. The van der Waals surface area contributed by atoms with Gasteiger partial charge in [-0.25, -0.2) is 4.98 Å². The summed E-state index contributed by atoms with van der Waals surface area (Å²) in [5.41, 5.74) is 2.99. The predicted octanol–water partition coefficient (Wildman–Crippen LogP) is 0.965. The smallest absolute Gasteiger partial charge is 0.254 e. The molecule has 0 amide bonds.